The molecule has 0 fully saturated rings. The SMILES string of the molecule is CCOCCOc1ccc(NC(=S)NC(=O)CCc2ccccc2)cc1. The fraction of sp³-hybridized carbons (Fsp3) is 0.300. The Morgan fingerprint density at radius 3 is 2.46 bits per heavy atom. The number of carbonyl (C=O) groups excluding carboxylic acids is 1. The maximum absolute atomic E-state index is 12.0. The minimum atomic E-state index is -0.109. The highest BCUT2D eigenvalue weighted by molar-refractivity contribution is 7.80. The Labute approximate surface area is 159 Å². The Kier molecular flexibility index (Phi) is 8.59. The standard InChI is InChI=1S/C20H24N2O3S/c1-2-24-14-15-25-18-11-9-17(10-12-18)21-20(26)22-19(23)13-8-16-6-4-3-5-7-16/h3-7,9-12H,2,8,13-15H2,1H3,(H2,21,22,23,26). The van der Waals surface area contributed by atoms with Gasteiger partial charge in [-0.1, -0.05) is 30.3 Å². The van der Waals surface area contributed by atoms with Gasteiger partial charge >= 0.3 is 0 Å². The molecule has 0 aliphatic carbocycles. The summed E-state index contributed by atoms with van der Waals surface area (Å²) in [5, 5.41) is 5.97. The highest BCUT2D eigenvalue weighted by Crippen LogP contribution is 2.15. The second kappa shape index (κ2) is 11.2. The van der Waals surface area contributed by atoms with E-state index >= 15 is 0 Å². The monoisotopic (exact) mass is 372 g/mol. The van der Waals surface area contributed by atoms with Crippen LogP contribution in [0.5, 0.6) is 5.75 Å². The highest BCUT2D eigenvalue weighted by atomic mass is 32.1. The zero-order valence-corrected chi connectivity index (χ0v) is 15.7. The van der Waals surface area contributed by atoms with E-state index in [-0.39, 0.29) is 11.0 Å². The molecule has 6 heteroatoms. The molecule has 2 N–H and O–H groups in total. The maximum Gasteiger partial charge on any atom is 0.226 e. The number of anilines is 1. The van der Waals surface area contributed by atoms with Gasteiger partial charge in [0.15, 0.2) is 5.11 Å². The summed E-state index contributed by atoms with van der Waals surface area (Å²) >= 11 is 5.18. The van der Waals surface area contributed by atoms with Crippen LogP contribution in [0.2, 0.25) is 0 Å². The third-order valence-electron chi connectivity index (χ3n) is 3.55. The third-order valence-corrected chi connectivity index (χ3v) is 3.75. The van der Waals surface area contributed by atoms with Crippen LogP contribution in [-0.4, -0.2) is 30.8 Å². The van der Waals surface area contributed by atoms with Crippen LogP contribution in [0.4, 0.5) is 5.69 Å². The van der Waals surface area contributed by atoms with Crippen molar-refractivity contribution in [1.82, 2.24) is 5.32 Å². The first-order valence-corrected chi connectivity index (χ1v) is 9.03. The van der Waals surface area contributed by atoms with Crippen LogP contribution in [0.3, 0.4) is 0 Å². The molecule has 5 nitrogen and oxygen atoms in total. The van der Waals surface area contributed by atoms with Crippen molar-refractivity contribution in [1.29, 1.82) is 0 Å². The third kappa shape index (κ3) is 7.63. The molecule has 138 valence electrons. The summed E-state index contributed by atoms with van der Waals surface area (Å²) in [6.07, 6.45) is 1.07. The van der Waals surface area contributed by atoms with Crippen molar-refractivity contribution in [3.8, 4) is 5.75 Å². The highest BCUT2D eigenvalue weighted by Gasteiger charge is 2.05. The van der Waals surface area contributed by atoms with Crippen molar-refractivity contribution in [3.05, 3.63) is 60.2 Å². The normalized spacial score (nSPS) is 10.2. The van der Waals surface area contributed by atoms with Crippen LogP contribution in [0, 0.1) is 0 Å². The number of aryl methyl sites for hydroxylation is 1. The van der Waals surface area contributed by atoms with Crippen molar-refractivity contribution >= 4 is 28.9 Å². The molecule has 0 aromatic heterocycles. The summed E-state index contributed by atoms with van der Waals surface area (Å²) in [7, 11) is 0. The number of amides is 1. The van der Waals surface area contributed by atoms with Crippen molar-refractivity contribution in [2.24, 2.45) is 0 Å². The van der Waals surface area contributed by atoms with Gasteiger partial charge in [0.05, 0.1) is 6.61 Å². The van der Waals surface area contributed by atoms with Gasteiger partial charge in [0.2, 0.25) is 5.91 Å². The molecule has 0 saturated carbocycles. The van der Waals surface area contributed by atoms with Crippen molar-refractivity contribution < 1.29 is 14.3 Å². The Hall–Kier alpha value is -2.44. The van der Waals surface area contributed by atoms with Gasteiger partial charge in [-0.25, -0.2) is 0 Å². The van der Waals surface area contributed by atoms with Crippen LogP contribution in [0.25, 0.3) is 0 Å². The smallest absolute Gasteiger partial charge is 0.226 e. The molecule has 2 rings (SSSR count). The van der Waals surface area contributed by atoms with Gasteiger partial charge in [-0.15, -0.1) is 0 Å². The fourth-order valence-corrected chi connectivity index (χ4v) is 2.48. The van der Waals surface area contributed by atoms with Gasteiger partial charge in [-0.05, 0) is 55.4 Å². The second-order valence-corrected chi connectivity index (χ2v) is 5.97. The average molecular weight is 372 g/mol. The molecule has 0 atom stereocenters. The number of hydrogen-bond donors (Lipinski definition) is 2. The lowest BCUT2D eigenvalue weighted by Gasteiger charge is -2.11. The predicted molar refractivity (Wildman–Crippen MR) is 108 cm³/mol. The Balaban J connectivity index is 1.70. The summed E-state index contributed by atoms with van der Waals surface area (Å²) in [5.74, 6) is 0.648. The summed E-state index contributed by atoms with van der Waals surface area (Å²) in [6.45, 7) is 3.70. The zero-order valence-electron chi connectivity index (χ0n) is 14.9. The zero-order chi connectivity index (χ0) is 18.6. The molecular weight excluding hydrogens is 348 g/mol. The lowest BCUT2D eigenvalue weighted by Crippen LogP contribution is -2.34. The molecule has 0 heterocycles. The first kappa shape index (κ1) is 19.9. The molecular formula is C20H24N2O3S. The topological polar surface area (TPSA) is 59.6 Å². The largest absolute Gasteiger partial charge is 0.491 e. The molecule has 0 radical (unpaired) electrons. The van der Waals surface area contributed by atoms with E-state index in [4.69, 9.17) is 21.7 Å². The molecule has 0 aliphatic heterocycles. The summed E-state index contributed by atoms with van der Waals surface area (Å²) in [5.41, 5.74) is 1.91. The molecule has 0 bridgehead atoms. The Morgan fingerprint density at radius 1 is 1.04 bits per heavy atom. The van der Waals surface area contributed by atoms with E-state index in [1.165, 1.54) is 0 Å². The minimum absolute atomic E-state index is 0.109. The Morgan fingerprint density at radius 2 is 1.77 bits per heavy atom. The van der Waals surface area contributed by atoms with Crippen LogP contribution >= 0.6 is 12.2 Å². The molecule has 0 unspecified atom stereocenters. The number of rotatable bonds is 9. The number of nitrogens with one attached hydrogen (secondary N) is 2. The predicted octanol–water partition coefficient (Wildman–Crippen LogP) is 3.55. The lowest BCUT2D eigenvalue weighted by atomic mass is 10.1. The number of benzene rings is 2. The van der Waals surface area contributed by atoms with Gasteiger partial charge in [-0.3, -0.25) is 4.79 Å². The summed E-state index contributed by atoms with van der Waals surface area (Å²) < 4.78 is 10.8. The van der Waals surface area contributed by atoms with Crippen LogP contribution in [-0.2, 0) is 16.0 Å². The van der Waals surface area contributed by atoms with Crippen LogP contribution in [0.1, 0.15) is 18.9 Å². The average Bonchev–Trinajstić information content (AvgIpc) is 2.66. The van der Waals surface area contributed by atoms with E-state index in [9.17, 15) is 4.79 Å². The summed E-state index contributed by atoms with van der Waals surface area (Å²) in [6, 6.07) is 17.3. The van der Waals surface area contributed by atoms with E-state index in [1.54, 1.807) is 0 Å². The van der Waals surface area contributed by atoms with Crippen molar-refractivity contribution in [2.75, 3.05) is 25.1 Å². The van der Waals surface area contributed by atoms with Gasteiger partial charge in [0.25, 0.3) is 0 Å². The molecule has 26 heavy (non-hydrogen) atoms. The lowest BCUT2D eigenvalue weighted by molar-refractivity contribution is -0.119. The first-order chi connectivity index (χ1) is 12.7. The van der Waals surface area contributed by atoms with Crippen LogP contribution < -0.4 is 15.4 Å². The van der Waals surface area contributed by atoms with Gasteiger partial charge in [-0.2, -0.15) is 0 Å². The maximum atomic E-state index is 12.0. The number of carbonyl (C=O) groups is 1. The molecule has 2 aromatic carbocycles. The van der Waals surface area contributed by atoms with Gasteiger partial charge in [0.1, 0.15) is 12.4 Å². The molecule has 0 saturated heterocycles. The van der Waals surface area contributed by atoms with Crippen molar-refractivity contribution in [2.45, 2.75) is 19.8 Å². The van der Waals surface area contributed by atoms with E-state index in [0.29, 0.717) is 32.7 Å². The van der Waals surface area contributed by atoms with Gasteiger partial charge in [0, 0.05) is 18.7 Å². The molecule has 0 aliphatic rings. The molecule has 0 spiro atoms. The van der Waals surface area contributed by atoms with E-state index in [0.717, 1.165) is 17.0 Å². The minimum Gasteiger partial charge on any atom is -0.491 e. The number of thiocarbonyl (C=S) groups is 1. The Bertz CT molecular complexity index is 690. The van der Waals surface area contributed by atoms with Gasteiger partial charge < -0.3 is 20.1 Å². The fourth-order valence-electron chi connectivity index (χ4n) is 2.25. The van der Waals surface area contributed by atoms with Crippen LogP contribution in [0.15, 0.2) is 54.6 Å². The van der Waals surface area contributed by atoms with E-state index in [1.807, 2.05) is 61.5 Å². The molecule has 2 aromatic rings. The molecule has 1 amide bonds. The van der Waals surface area contributed by atoms with Crippen molar-refractivity contribution in [3.63, 3.8) is 0 Å². The van der Waals surface area contributed by atoms with E-state index < -0.39 is 0 Å². The number of ether oxygens (including phenoxy) is 2. The first-order valence-electron chi connectivity index (χ1n) is 8.62. The second-order valence-electron chi connectivity index (χ2n) is 5.56. The quantitative estimate of drug-likeness (QED) is 0.521. The number of hydrogen-bond acceptors (Lipinski definition) is 4. The summed E-state index contributed by atoms with van der Waals surface area (Å²) in [4.78, 5) is 12.0. The van der Waals surface area contributed by atoms with E-state index in [2.05, 4.69) is 10.6 Å².